The summed E-state index contributed by atoms with van der Waals surface area (Å²) in [6.07, 6.45) is 2.20. The van der Waals surface area contributed by atoms with Crippen molar-refractivity contribution in [2.24, 2.45) is 5.92 Å². The lowest BCUT2D eigenvalue weighted by Crippen LogP contribution is -2.45. The van der Waals surface area contributed by atoms with Gasteiger partial charge in [-0.2, -0.15) is 0 Å². The van der Waals surface area contributed by atoms with Crippen molar-refractivity contribution in [2.45, 2.75) is 39.7 Å². The van der Waals surface area contributed by atoms with Gasteiger partial charge in [0.25, 0.3) is 0 Å². The summed E-state index contributed by atoms with van der Waals surface area (Å²) in [5.74, 6) is 0.448. The van der Waals surface area contributed by atoms with E-state index in [0.717, 1.165) is 32.5 Å². The zero-order valence-electron chi connectivity index (χ0n) is 9.55. The van der Waals surface area contributed by atoms with Crippen LogP contribution < -0.4 is 5.32 Å². The maximum Gasteiger partial charge on any atom is 0.224 e. The molecular weight excluding hydrogens is 176 g/mol. The highest BCUT2D eigenvalue weighted by atomic mass is 16.1. The topological polar surface area (TPSA) is 32.3 Å². The summed E-state index contributed by atoms with van der Waals surface area (Å²) in [6.45, 7) is 9.19. The minimum atomic E-state index is 0.214. The largest absolute Gasteiger partial charge is 0.356 e. The number of amides is 1. The van der Waals surface area contributed by atoms with E-state index >= 15 is 0 Å². The quantitative estimate of drug-likeness (QED) is 0.740. The molecule has 0 aromatic heterocycles. The molecule has 0 saturated carbocycles. The van der Waals surface area contributed by atoms with Crippen molar-refractivity contribution in [1.82, 2.24) is 10.2 Å². The molecule has 0 aromatic carbocycles. The van der Waals surface area contributed by atoms with Gasteiger partial charge in [-0.1, -0.05) is 0 Å². The van der Waals surface area contributed by atoms with Gasteiger partial charge in [0.15, 0.2) is 0 Å². The lowest BCUT2D eigenvalue weighted by molar-refractivity contribution is -0.126. The minimum Gasteiger partial charge on any atom is -0.356 e. The molecule has 1 atom stereocenters. The summed E-state index contributed by atoms with van der Waals surface area (Å²) in [4.78, 5) is 14.0. The van der Waals surface area contributed by atoms with Gasteiger partial charge in [0.05, 0.1) is 5.92 Å². The molecule has 3 heteroatoms. The molecule has 14 heavy (non-hydrogen) atoms. The second-order valence-electron chi connectivity index (χ2n) is 4.32. The van der Waals surface area contributed by atoms with Gasteiger partial charge >= 0.3 is 0 Å². The first-order valence-electron chi connectivity index (χ1n) is 5.67. The summed E-state index contributed by atoms with van der Waals surface area (Å²) in [5.41, 5.74) is 0. The Hall–Kier alpha value is -0.570. The van der Waals surface area contributed by atoms with Gasteiger partial charge < -0.3 is 10.2 Å². The van der Waals surface area contributed by atoms with E-state index in [1.165, 1.54) is 0 Å². The van der Waals surface area contributed by atoms with E-state index in [0.29, 0.717) is 6.04 Å². The average Bonchev–Trinajstić information content (AvgIpc) is 2.18. The monoisotopic (exact) mass is 198 g/mol. The maximum atomic E-state index is 11.6. The number of carbonyl (C=O) groups is 1. The summed E-state index contributed by atoms with van der Waals surface area (Å²) < 4.78 is 0. The van der Waals surface area contributed by atoms with Crippen LogP contribution in [0.2, 0.25) is 0 Å². The number of nitrogens with zero attached hydrogens (tertiary/aromatic N) is 1. The second-order valence-corrected chi connectivity index (χ2v) is 4.32. The number of nitrogens with one attached hydrogen (secondary N) is 1. The number of carbonyl (C=O) groups excluding carboxylic acids is 1. The third-order valence-corrected chi connectivity index (χ3v) is 2.90. The molecule has 0 unspecified atom stereocenters. The molecule has 1 saturated heterocycles. The first-order valence-corrected chi connectivity index (χ1v) is 5.67. The average molecular weight is 198 g/mol. The van der Waals surface area contributed by atoms with Gasteiger partial charge in [-0.05, 0) is 40.2 Å². The lowest BCUT2D eigenvalue weighted by atomic mass is 9.96. The zero-order valence-corrected chi connectivity index (χ0v) is 9.55. The number of piperidine rings is 1. The van der Waals surface area contributed by atoms with E-state index in [1.807, 2.05) is 6.92 Å². The number of rotatable bonds is 3. The Labute approximate surface area is 86.9 Å². The fourth-order valence-electron chi connectivity index (χ4n) is 2.01. The zero-order chi connectivity index (χ0) is 10.6. The van der Waals surface area contributed by atoms with Crippen LogP contribution in [0.1, 0.15) is 33.6 Å². The molecule has 0 aliphatic carbocycles. The highest BCUT2D eigenvalue weighted by Crippen LogP contribution is 2.18. The minimum absolute atomic E-state index is 0.214. The molecule has 0 aromatic rings. The fourth-order valence-corrected chi connectivity index (χ4v) is 2.01. The standard InChI is InChI=1S/C11H22N2O/c1-4-12-11(14)10-6-5-7-13(8-10)9(2)3/h9-10H,4-8H2,1-3H3,(H,12,14)/t10-/m1/s1. The predicted octanol–water partition coefficient (Wildman–Crippen LogP) is 1.24. The lowest BCUT2D eigenvalue weighted by Gasteiger charge is -2.34. The van der Waals surface area contributed by atoms with Gasteiger partial charge in [-0.3, -0.25) is 4.79 Å². The predicted molar refractivity (Wildman–Crippen MR) is 58.1 cm³/mol. The molecule has 1 aliphatic heterocycles. The van der Waals surface area contributed by atoms with Crippen LogP contribution in [0.15, 0.2) is 0 Å². The third kappa shape index (κ3) is 2.98. The van der Waals surface area contributed by atoms with Crippen LogP contribution in [-0.2, 0) is 4.79 Å². The summed E-state index contributed by atoms with van der Waals surface area (Å²) in [7, 11) is 0. The van der Waals surface area contributed by atoms with Gasteiger partial charge in [0, 0.05) is 19.1 Å². The SMILES string of the molecule is CCNC(=O)[C@@H]1CCCN(C(C)C)C1. The van der Waals surface area contributed by atoms with E-state index in [2.05, 4.69) is 24.1 Å². The van der Waals surface area contributed by atoms with Crippen molar-refractivity contribution < 1.29 is 4.79 Å². The van der Waals surface area contributed by atoms with Crippen molar-refractivity contribution in [1.29, 1.82) is 0 Å². The highest BCUT2D eigenvalue weighted by Gasteiger charge is 2.26. The number of likely N-dealkylation sites (tertiary alicyclic amines) is 1. The summed E-state index contributed by atoms with van der Waals surface area (Å²) in [5, 5.41) is 2.91. The van der Waals surface area contributed by atoms with Crippen LogP contribution in [0.25, 0.3) is 0 Å². The van der Waals surface area contributed by atoms with Gasteiger partial charge in [-0.25, -0.2) is 0 Å². The summed E-state index contributed by atoms with van der Waals surface area (Å²) in [6, 6.07) is 0.562. The Balaban J connectivity index is 2.43. The van der Waals surface area contributed by atoms with Gasteiger partial charge in [0.1, 0.15) is 0 Å². The van der Waals surface area contributed by atoms with Crippen molar-refractivity contribution >= 4 is 5.91 Å². The normalized spacial score (nSPS) is 23.9. The van der Waals surface area contributed by atoms with Crippen LogP contribution in [-0.4, -0.2) is 36.5 Å². The second kappa shape index (κ2) is 5.35. The molecule has 1 amide bonds. The molecule has 3 nitrogen and oxygen atoms in total. The Morgan fingerprint density at radius 2 is 2.29 bits per heavy atom. The van der Waals surface area contributed by atoms with Crippen molar-refractivity contribution in [3.63, 3.8) is 0 Å². The Morgan fingerprint density at radius 1 is 1.57 bits per heavy atom. The van der Waals surface area contributed by atoms with Gasteiger partial charge in [0.2, 0.25) is 5.91 Å². The van der Waals surface area contributed by atoms with Gasteiger partial charge in [-0.15, -0.1) is 0 Å². The first-order chi connectivity index (χ1) is 6.65. The molecule has 82 valence electrons. The molecule has 0 radical (unpaired) electrons. The molecular formula is C11H22N2O. The highest BCUT2D eigenvalue weighted by molar-refractivity contribution is 5.78. The van der Waals surface area contributed by atoms with Crippen LogP contribution >= 0.6 is 0 Å². The van der Waals surface area contributed by atoms with Crippen molar-refractivity contribution in [2.75, 3.05) is 19.6 Å². The molecule has 1 N–H and O–H groups in total. The van der Waals surface area contributed by atoms with E-state index in [1.54, 1.807) is 0 Å². The van der Waals surface area contributed by atoms with Crippen LogP contribution in [0, 0.1) is 5.92 Å². The van der Waals surface area contributed by atoms with E-state index in [9.17, 15) is 4.79 Å². The molecule has 0 bridgehead atoms. The summed E-state index contributed by atoms with van der Waals surface area (Å²) >= 11 is 0. The number of hydrogen-bond acceptors (Lipinski definition) is 2. The molecule has 1 heterocycles. The molecule has 0 spiro atoms. The Kier molecular flexibility index (Phi) is 4.39. The van der Waals surface area contributed by atoms with E-state index in [4.69, 9.17) is 0 Å². The van der Waals surface area contributed by atoms with Crippen molar-refractivity contribution in [3.05, 3.63) is 0 Å². The fraction of sp³-hybridized carbons (Fsp3) is 0.909. The van der Waals surface area contributed by atoms with Crippen LogP contribution in [0.3, 0.4) is 0 Å². The van der Waals surface area contributed by atoms with E-state index < -0.39 is 0 Å². The number of hydrogen-bond donors (Lipinski definition) is 1. The maximum absolute atomic E-state index is 11.6. The molecule has 1 fully saturated rings. The Morgan fingerprint density at radius 3 is 2.86 bits per heavy atom. The third-order valence-electron chi connectivity index (χ3n) is 2.90. The molecule has 1 aliphatic rings. The Bertz CT molecular complexity index is 192. The smallest absolute Gasteiger partial charge is 0.224 e. The molecule has 1 rings (SSSR count). The van der Waals surface area contributed by atoms with E-state index in [-0.39, 0.29) is 11.8 Å². The van der Waals surface area contributed by atoms with Crippen molar-refractivity contribution in [3.8, 4) is 0 Å². The first kappa shape index (κ1) is 11.5. The van der Waals surface area contributed by atoms with Crippen LogP contribution in [0.4, 0.5) is 0 Å². The van der Waals surface area contributed by atoms with Crippen LogP contribution in [0.5, 0.6) is 0 Å².